The highest BCUT2D eigenvalue weighted by molar-refractivity contribution is 6.01. The summed E-state index contributed by atoms with van der Waals surface area (Å²) in [5.74, 6) is -0.131. The van der Waals surface area contributed by atoms with E-state index in [-0.39, 0.29) is 29.0 Å². The SMILES string of the molecule is O=C(CCCCC(=O)N1CCNCC1)Nc1cccc2c(=O)[nH][nH]c(=O)c12. The van der Waals surface area contributed by atoms with Crippen LogP contribution in [0.15, 0.2) is 27.8 Å². The summed E-state index contributed by atoms with van der Waals surface area (Å²) in [6.45, 7) is 3.10. The lowest BCUT2D eigenvalue weighted by Crippen LogP contribution is -2.46. The molecule has 1 saturated heterocycles. The minimum Gasteiger partial charge on any atom is -0.340 e. The normalized spacial score (nSPS) is 14.3. The Bertz CT molecular complexity index is 943. The molecule has 27 heavy (non-hydrogen) atoms. The topological polar surface area (TPSA) is 127 Å². The fourth-order valence-corrected chi connectivity index (χ4v) is 3.18. The summed E-state index contributed by atoms with van der Waals surface area (Å²) in [5, 5.41) is 10.8. The number of rotatable bonds is 6. The van der Waals surface area contributed by atoms with Gasteiger partial charge in [0.2, 0.25) is 11.8 Å². The van der Waals surface area contributed by atoms with E-state index in [4.69, 9.17) is 0 Å². The Hall–Kier alpha value is -2.94. The first-order valence-corrected chi connectivity index (χ1v) is 9.08. The Morgan fingerprint density at radius 3 is 2.48 bits per heavy atom. The molecule has 0 atom stereocenters. The lowest BCUT2D eigenvalue weighted by atomic mass is 10.1. The molecule has 0 saturated carbocycles. The number of anilines is 1. The number of hydrogen-bond acceptors (Lipinski definition) is 5. The second-order valence-electron chi connectivity index (χ2n) is 6.52. The maximum absolute atomic E-state index is 12.2. The van der Waals surface area contributed by atoms with Crippen molar-refractivity contribution in [1.29, 1.82) is 0 Å². The molecular formula is C18H23N5O4. The lowest BCUT2D eigenvalue weighted by Gasteiger charge is -2.27. The third-order valence-corrected chi connectivity index (χ3v) is 4.61. The quantitative estimate of drug-likeness (QED) is 0.536. The van der Waals surface area contributed by atoms with Gasteiger partial charge in [0.1, 0.15) is 0 Å². The number of piperazine rings is 1. The molecule has 0 unspecified atom stereocenters. The van der Waals surface area contributed by atoms with E-state index >= 15 is 0 Å². The molecule has 0 aliphatic carbocycles. The second kappa shape index (κ2) is 8.63. The molecule has 2 aromatic rings. The van der Waals surface area contributed by atoms with Crippen molar-refractivity contribution in [3.05, 3.63) is 38.9 Å². The van der Waals surface area contributed by atoms with Gasteiger partial charge in [-0.05, 0) is 25.0 Å². The molecule has 3 rings (SSSR count). The van der Waals surface area contributed by atoms with E-state index in [1.165, 1.54) is 6.07 Å². The molecule has 2 amide bonds. The van der Waals surface area contributed by atoms with E-state index in [9.17, 15) is 19.2 Å². The van der Waals surface area contributed by atoms with Gasteiger partial charge in [0, 0.05) is 39.0 Å². The highest BCUT2D eigenvalue weighted by atomic mass is 16.2. The molecule has 4 N–H and O–H groups in total. The number of fused-ring (bicyclic) bond motifs is 1. The van der Waals surface area contributed by atoms with E-state index < -0.39 is 11.1 Å². The number of nitrogens with zero attached hydrogens (tertiary/aromatic N) is 1. The van der Waals surface area contributed by atoms with Crippen LogP contribution in [0.1, 0.15) is 25.7 Å². The summed E-state index contributed by atoms with van der Waals surface area (Å²) in [7, 11) is 0. The average Bonchev–Trinajstić information content (AvgIpc) is 2.69. The Kier molecular flexibility index (Phi) is 6.02. The maximum atomic E-state index is 12.2. The number of aromatic nitrogens is 2. The molecule has 0 spiro atoms. The van der Waals surface area contributed by atoms with Gasteiger partial charge in [-0.1, -0.05) is 6.07 Å². The van der Waals surface area contributed by atoms with Gasteiger partial charge in [0.25, 0.3) is 11.1 Å². The van der Waals surface area contributed by atoms with Crippen LogP contribution in [0.4, 0.5) is 5.69 Å². The van der Waals surface area contributed by atoms with Crippen LogP contribution in [0.2, 0.25) is 0 Å². The first kappa shape index (κ1) is 18.8. The number of benzene rings is 1. The minimum atomic E-state index is -0.470. The molecular weight excluding hydrogens is 350 g/mol. The number of H-pyrrole nitrogens is 2. The van der Waals surface area contributed by atoms with Crippen molar-refractivity contribution in [1.82, 2.24) is 20.4 Å². The molecule has 1 aromatic carbocycles. The summed E-state index contributed by atoms with van der Waals surface area (Å²) in [5.41, 5.74) is -0.587. The van der Waals surface area contributed by atoms with Crippen LogP contribution >= 0.6 is 0 Å². The Labute approximate surface area is 155 Å². The average molecular weight is 373 g/mol. The van der Waals surface area contributed by atoms with E-state index in [0.717, 1.165) is 26.2 Å². The lowest BCUT2D eigenvalue weighted by molar-refractivity contribution is -0.132. The first-order chi connectivity index (χ1) is 13.1. The van der Waals surface area contributed by atoms with Crippen LogP contribution in [-0.2, 0) is 9.59 Å². The first-order valence-electron chi connectivity index (χ1n) is 9.08. The fourth-order valence-electron chi connectivity index (χ4n) is 3.18. The van der Waals surface area contributed by atoms with Crippen molar-refractivity contribution in [2.45, 2.75) is 25.7 Å². The van der Waals surface area contributed by atoms with Crippen LogP contribution < -0.4 is 21.8 Å². The summed E-state index contributed by atoms with van der Waals surface area (Å²) in [6.07, 6.45) is 1.88. The number of carbonyl (C=O) groups excluding carboxylic acids is 2. The predicted octanol–water partition coefficient (Wildman–Crippen LogP) is 0.147. The smallest absolute Gasteiger partial charge is 0.272 e. The number of carbonyl (C=O) groups is 2. The minimum absolute atomic E-state index is 0.122. The Morgan fingerprint density at radius 1 is 1.00 bits per heavy atom. The molecule has 1 fully saturated rings. The molecule has 1 aromatic heterocycles. The molecule has 0 bridgehead atoms. The van der Waals surface area contributed by atoms with Gasteiger partial charge < -0.3 is 15.5 Å². The van der Waals surface area contributed by atoms with Crippen molar-refractivity contribution >= 4 is 28.3 Å². The number of aromatic amines is 2. The van der Waals surface area contributed by atoms with Gasteiger partial charge in [-0.25, -0.2) is 0 Å². The van der Waals surface area contributed by atoms with Gasteiger partial charge in [-0.2, -0.15) is 0 Å². The Morgan fingerprint density at radius 2 is 1.70 bits per heavy atom. The highest BCUT2D eigenvalue weighted by Crippen LogP contribution is 2.17. The highest BCUT2D eigenvalue weighted by Gasteiger charge is 2.16. The van der Waals surface area contributed by atoms with Crippen molar-refractivity contribution in [3.63, 3.8) is 0 Å². The van der Waals surface area contributed by atoms with Gasteiger partial charge in [-0.15, -0.1) is 0 Å². The van der Waals surface area contributed by atoms with Crippen molar-refractivity contribution in [2.24, 2.45) is 0 Å². The van der Waals surface area contributed by atoms with Crippen LogP contribution in [-0.4, -0.2) is 53.1 Å². The van der Waals surface area contributed by atoms with Gasteiger partial charge in [-0.3, -0.25) is 29.4 Å². The zero-order valence-corrected chi connectivity index (χ0v) is 15.0. The van der Waals surface area contributed by atoms with Crippen LogP contribution in [0, 0.1) is 0 Å². The van der Waals surface area contributed by atoms with E-state index in [0.29, 0.717) is 24.9 Å². The number of nitrogens with one attached hydrogen (secondary N) is 4. The van der Waals surface area contributed by atoms with Crippen molar-refractivity contribution in [3.8, 4) is 0 Å². The monoisotopic (exact) mass is 373 g/mol. The predicted molar refractivity (Wildman–Crippen MR) is 102 cm³/mol. The fraction of sp³-hybridized carbons (Fsp3) is 0.444. The molecule has 0 radical (unpaired) electrons. The Balaban J connectivity index is 1.52. The second-order valence-corrected chi connectivity index (χ2v) is 6.52. The van der Waals surface area contributed by atoms with E-state index in [1.807, 2.05) is 4.90 Å². The third kappa shape index (κ3) is 4.62. The third-order valence-electron chi connectivity index (χ3n) is 4.61. The zero-order valence-electron chi connectivity index (χ0n) is 15.0. The van der Waals surface area contributed by atoms with Crippen LogP contribution in [0.5, 0.6) is 0 Å². The van der Waals surface area contributed by atoms with Crippen LogP contribution in [0.25, 0.3) is 10.8 Å². The van der Waals surface area contributed by atoms with Gasteiger partial charge in [0.05, 0.1) is 16.5 Å². The number of amides is 2. The van der Waals surface area contributed by atoms with Gasteiger partial charge in [0.15, 0.2) is 0 Å². The molecule has 144 valence electrons. The molecule has 1 aliphatic heterocycles. The standard InChI is InChI=1S/C18H23N5O4/c24-14(6-1-2-7-15(25)23-10-8-19-9-11-23)20-13-5-3-4-12-16(13)18(27)22-21-17(12)26/h3-5,19H,1-2,6-11H2,(H,20,24)(H,21,26)(H,22,27). The summed E-state index contributed by atoms with van der Waals surface area (Å²) in [4.78, 5) is 49.9. The van der Waals surface area contributed by atoms with Crippen molar-refractivity contribution in [2.75, 3.05) is 31.5 Å². The molecule has 9 nitrogen and oxygen atoms in total. The van der Waals surface area contributed by atoms with E-state index in [2.05, 4.69) is 20.8 Å². The zero-order chi connectivity index (χ0) is 19.2. The van der Waals surface area contributed by atoms with Crippen LogP contribution in [0.3, 0.4) is 0 Å². The van der Waals surface area contributed by atoms with Gasteiger partial charge >= 0.3 is 0 Å². The summed E-state index contributed by atoms with van der Waals surface area (Å²) < 4.78 is 0. The molecule has 2 heterocycles. The summed E-state index contributed by atoms with van der Waals surface area (Å²) >= 11 is 0. The molecule has 1 aliphatic rings. The molecule has 9 heteroatoms. The number of hydrogen-bond donors (Lipinski definition) is 4. The largest absolute Gasteiger partial charge is 0.340 e. The van der Waals surface area contributed by atoms with E-state index in [1.54, 1.807) is 12.1 Å². The number of unbranched alkanes of at least 4 members (excludes halogenated alkanes) is 1. The maximum Gasteiger partial charge on any atom is 0.272 e. The summed E-state index contributed by atoms with van der Waals surface area (Å²) in [6, 6.07) is 4.72. The van der Waals surface area contributed by atoms with Crippen molar-refractivity contribution < 1.29 is 9.59 Å².